The zero-order valence-corrected chi connectivity index (χ0v) is 17.0. The van der Waals surface area contributed by atoms with Crippen LogP contribution in [0.3, 0.4) is 0 Å². The molecule has 1 N–H and O–H groups in total. The number of carbonyl (C=O) groups excluding carboxylic acids is 1. The van der Waals surface area contributed by atoms with Crippen molar-refractivity contribution < 1.29 is 4.79 Å². The van der Waals surface area contributed by atoms with Gasteiger partial charge in [-0.25, -0.2) is 15.0 Å². The van der Waals surface area contributed by atoms with E-state index < -0.39 is 0 Å². The average Bonchev–Trinajstić information content (AvgIpc) is 3.20. The number of anilines is 1. The molecule has 3 heterocycles. The van der Waals surface area contributed by atoms with E-state index in [0.717, 1.165) is 40.0 Å². The SMILES string of the molecule is O=C(CSc1nc(Cc2ccccc2)nc2c1SCCC2)Nc1nccs1. The summed E-state index contributed by atoms with van der Waals surface area (Å²) < 4.78 is 0. The summed E-state index contributed by atoms with van der Waals surface area (Å²) in [5.74, 6) is 2.15. The van der Waals surface area contributed by atoms with Crippen LogP contribution in [0, 0.1) is 0 Å². The molecule has 27 heavy (non-hydrogen) atoms. The predicted octanol–water partition coefficient (Wildman–Crippen LogP) is 4.29. The second-order valence-corrected chi connectivity index (χ2v) is 8.97. The minimum absolute atomic E-state index is 0.0623. The lowest BCUT2D eigenvalue weighted by atomic mass is 10.1. The highest BCUT2D eigenvalue weighted by molar-refractivity contribution is 8.02. The number of aromatic nitrogens is 3. The molecule has 0 aliphatic carbocycles. The number of hydrogen-bond donors (Lipinski definition) is 1. The van der Waals surface area contributed by atoms with Gasteiger partial charge in [0.2, 0.25) is 5.91 Å². The fourth-order valence-electron chi connectivity index (χ4n) is 2.78. The molecule has 5 nitrogen and oxygen atoms in total. The van der Waals surface area contributed by atoms with Crippen molar-refractivity contribution >= 4 is 45.9 Å². The Bertz CT molecular complexity index is 916. The Morgan fingerprint density at radius 3 is 2.93 bits per heavy atom. The summed E-state index contributed by atoms with van der Waals surface area (Å²) in [6, 6.07) is 10.2. The number of rotatable bonds is 6. The lowest BCUT2D eigenvalue weighted by Gasteiger charge is -2.18. The van der Waals surface area contributed by atoms with Crippen molar-refractivity contribution in [1.82, 2.24) is 15.0 Å². The fourth-order valence-corrected chi connectivity index (χ4v) is 5.41. The number of benzene rings is 1. The largest absolute Gasteiger partial charge is 0.301 e. The van der Waals surface area contributed by atoms with Crippen LogP contribution in [0.5, 0.6) is 0 Å². The van der Waals surface area contributed by atoms with Gasteiger partial charge in [0.15, 0.2) is 5.13 Å². The minimum Gasteiger partial charge on any atom is -0.301 e. The van der Waals surface area contributed by atoms with Crippen LogP contribution in [0.2, 0.25) is 0 Å². The van der Waals surface area contributed by atoms with Gasteiger partial charge in [0.05, 0.1) is 16.3 Å². The highest BCUT2D eigenvalue weighted by atomic mass is 32.2. The Morgan fingerprint density at radius 2 is 2.11 bits per heavy atom. The highest BCUT2D eigenvalue weighted by Crippen LogP contribution is 2.36. The predicted molar refractivity (Wildman–Crippen MR) is 112 cm³/mol. The van der Waals surface area contributed by atoms with Crippen molar-refractivity contribution in [1.29, 1.82) is 0 Å². The standard InChI is InChI=1S/C19H18N4OS3/c24-16(23-19-20-8-10-26-19)12-27-18-17-14(7-4-9-25-17)21-15(22-18)11-13-5-2-1-3-6-13/h1-3,5-6,8,10H,4,7,9,11-12H2,(H,20,23,24). The molecule has 0 atom stereocenters. The third-order valence-electron chi connectivity index (χ3n) is 3.98. The van der Waals surface area contributed by atoms with E-state index in [-0.39, 0.29) is 5.91 Å². The number of carbonyl (C=O) groups is 1. The smallest absolute Gasteiger partial charge is 0.236 e. The van der Waals surface area contributed by atoms with Crippen LogP contribution < -0.4 is 5.32 Å². The lowest BCUT2D eigenvalue weighted by Crippen LogP contribution is -2.15. The maximum atomic E-state index is 12.2. The molecule has 138 valence electrons. The number of hydrogen-bond acceptors (Lipinski definition) is 7. The first-order valence-electron chi connectivity index (χ1n) is 8.66. The fraction of sp³-hybridized carbons (Fsp3) is 0.263. The number of fused-ring (bicyclic) bond motifs is 1. The number of thiazole rings is 1. The maximum Gasteiger partial charge on any atom is 0.236 e. The molecule has 0 fully saturated rings. The maximum absolute atomic E-state index is 12.2. The zero-order chi connectivity index (χ0) is 18.5. The van der Waals surface area contributed by atoms with Crippen LogP contribution in [0.1, 0.15) is 23.5 Å². The molecule has 0 spiro atoms. The molecule has 0 unspecified atom stereocenters. The van der Waals surface area contributed by atoms with Crippen molar-refractivity contribution in [2.45, 2.75) is 29.2 Å². The van der Waals surface area contributed by atoms with Gasteiger partial charge in [0, 0.05) is 18.0 Å². The second-order valence-electron chi connectivity index (χ2n) is 6.01. The molecule has 2 aromatic heterocycles. The van der Waals surface area contributed by atoms with Gasteiger partial charge in [-0.3, -0.25) is 4.79 Å². The van der Waals surface area contributed by atoms with E-state index in [1.54, 1.807) is 18.0 Å². The number of nitrogens with one attached hydrogen (secondary N) is 1. The van der Waals surface area contributed by atoms with E-state index in [1.165, 1.54) is 28.7 Å². The Hall–Kier alpha value is -1.90. The molecule has 3 aromatic rings. The summed E-state index contributed by atoms with van der Waals surface area (Å²) in [5, 5.41) is 6.22. The number of amides is 1. The van der Waals surface area contributed by atoms with Gasteiger partial charge in [-0.15, -0.1) is 23.1 Å². The molecular weight excluding hydrogens is 396 g/mol. The number of aryl methyl sites for hydroxylation is 1. The highest BCUT2D eigenvalue weighted by Gasteiger charge is 2.20. The Kier molecular flexibility index (Phi) is 6.06. The van der Waals surface area contributed by atoms with Gasteiger partial charge >= 0.3 is 0 Å². The molecule has 8 heteroatoms. The molecule has 4 rings (SSSR count). The first kappa shape index (κ1) is 18.5. The molecule has 0 saturated heterocycles. The first-order chi connectivity index (χ1) is 13.3. The van der Waals surface area contributed by atoms with Crippen molar-refractivity contribution in [3.8, 4) is 0 Å². The van der Waals surface area contributed by atoms with Crippen LogP contribution in [-0.4, -0.2) is 32.4 Å². The summed E-state index contributed by atoms with van der Waals surface area (Å²) in [4.78, 5) is 27.0. The van der Waals surface area contributed by atoms with Crippen molar-refractivity contribution in [2.75, 3.05) is 16.8 Å². The van der Waals surface area contributed by atoms with E-state index in [2.05, 4.69) is 22.4 Å². The van der Waals surface area contributed by atoms with Crippen LogP contribution >= 0.6 is 34.9 Å². The van der Waals surface area contributed by atoms with Gasteiger partial charge in [-0.05, 0) is 24.2 Å². The molecule has 0 saturated carbocycles. The van der Waals surface area contributed by atoms with E-state index in [1.807, 2.05) is 23.6 Å². The van der Waals surface area contributed by atoms with Gasteiger partial charge in [0.1, 0.15) is 10.9 Å². The second kappa shape index (κ2) is 8.86. The third kappa shape index (κ3) is 4.88. The summed E-state index contributed by atoms with van der Waals surface area (Å²) in [6.07, 6.45) is 4.50. The first-order valence-corrected chi connectivity index (χ1v) is 11.5. The van der Waals surface area contributed by atoms with Gasteiger partial charge in [-0.2, -0.15) is 0 Å². The molecule has 0 bridgehead atoms. The van der Waals surface area contributed by atoms with Gasteiger partial charge < -0.3 is 5.32 Å². The summed E-state index contributed by atoms with van der Waals surface area (Å²) in [7, 11) is 0. The molecule has 1 aliphatic heterocycles. The topological polar surface area (TPSA) is 67.8 Å². The van der Waals surface area contributed by atoms with E-state index in [4.69, 9.17) is 9.97 Å². The number of thioether (sulfide) groups is 2. The number of nitrogens with zero attached hydrogens (tertiary/aromatic N) is 3. The van der Waals surface area contributed by atoms with E-state index >= 15 is 0 Å². The van der Waals surface area contributed by atoms with Crippen molar-refractivity contribution in [3.05, 3.63) is 59.0 Å². The monoisotopic (exact) mass is 414 g/mol. The normalized spacial score (nSPS) is 13.2. The molecular formula is C19H18N4OS3. The van der Waals surface area contributed by atoms with Crippen molar-refractivity contribution in [2.24, 2.45) is 0 Å². The Morgan fingerprint density at radius 1 is 1.22 bits per heavy atom. The summed E-state index contributed by atoms with van der Waals surface area (Å²) in [6.45, 7) is 0. The Labute approximate surface area is 170 Å². The summed E-state index contributed by atoms with van der Waals surface area (Å²) >= 11 is 4.70. The van der Waals surface area contributed by atoms with Gasteiger partial charge in [-0.1, -0.05) is 42.1 Å². The zero-order valence-electron chi connectivity index (χ0n) is 14.6. The third-order valence-corrected chi connectivity index (χ3v) is 6.98. The van der Waals surface area contributed by atoms with Crippen LogP contribution in [0.4, 0.5) is 5.13 Å². The lowest BCUT2D eigenvalue weighted by molar-refractivity contribution is -0.113. The van der Waals surface area contributed by atoms with Crippen LogP contribution in [-0.2, 0) is 17.6 Å². The minimum atomic E-state index is -0.0623. The molecule has 0 radical (unpaired) electrons. The Balaban J connectivity index is 1.51. The quantitative estimate of drug-likeness (QED) is 0.479. The van der Waals surface area contributed by atoms with E-state index in [9.17, 15) is 4.79 Å². The van der Waals surface area contributed by atoms with Crippen LogP contribution in [0.25, 0.3) is 0 Å². The van der Waals surface area contributed by atoms with Crippen LogP contribution in [0.15, 0.2) is 51.8 Å². The average molecular weight is 415 g/mol. The summed E-state index contributed by atoms with van der Waals surface area (Å²) in [5.41, 5.74) is 2.31. The molecule has 1 aromatic carbocycles. The van der Waals surface area contributed by atoms with Crippen molar-refractivity contribution in [3.63, 3.8) is 0 Å². The van der Waals surface area contributed by atoms with Gasteiger partial charge in [0.25, 0.3) is 0 Å². The van der Waals surface area contributed by atoms with E-state index in [0.29, 0.717) is 17.3 Å². The molecule has 1 amide bonds. The molecule has 1 aliphatic rings.